The van der Waals surface area contributed by atoms with Crippen LogP contribution in [0.4, 0.5) is 13.2 Å². The van der Waals surface area contributed by atoms with E-state index < -0.39 is 11.7 Å². The van der Waals surface area contributed by atoms with E-state index in [1.165, 1.54) is 6.07 Å². The lowest BCUT2D eigenvalue weighted by molar-refractivity contribution is -0.138. The molecular formula is C14H19F3N2. The Hall–Kier alpha value is -1.07. The predicted molar refractivity (Wildman–Crippen MR) is 68.8 cm³/mol. The molecule has 19 heavy (non-hydrogen) atoms. The summed E-state index contributed by atoms with van der Waals surface area (Å²) in [6, 6.07) is 6.29. The van der Waals surface area contributed by atoms with E-state index in [0.717, 1.165) is 25.6 Å². The van der Waals surface area contributed by atoms with Crippen LogP contribution in [0.15, 0.2) is 24.3 Å². The molecule has 0 N–H and O–H groups in total. The lowest BCUT2D eigenvalue weighted by Gasteiger charge is -2.21. The summed E-state index contributed by atoms with van der Waals surface area (Å²) in [5.74, 6) is 0. The minimum absolute atomic E-state index is 0.370. The van der Waals surface area contributed by atoms with E-state index in [4.69, 9.17) is 0 Å². The van der Waals surface area contributed by atoms with Crippen molar-refractivity contribution in [3.05, 3.63) is 35.4 Å². The Balaban J connectivity index is 2.08. The average Bonchev–Trinajstić information content (AvgIpc) is 2.77. The number of hydrogen-bond donors (Lipinski definition) is 0. The van der Waals surface area contributed by atoms with Crippen LogP contribution in [0.3, 0.4) is 0 Å². The molecule has 0 amide bonds. The van der Waals surface area contributed by atoms with Crippen LogP contribution < -0.4 is 0 Å². The Bertz CT molecular complexity index is 429. The molecule has 0 aromatic heterocycles. The number of likely N-dealkylation sites (tertiary alicyclic amines) is 1. The van der Waals surface area contributed by atoms with Crippen molar-refractivity contribution in [2.75, 3.05) is 27.2 Å². The highest BCUT2D eigenvalue weighted by atomic mass is 19.4. The number of nitrogens with zero attached hydrogens (tertiary/aromatic N) is 2. The Morgan fingerprint density at radius 2 is 1.95 bits per heavy atom. The van der Waals surface area contributed by atoms with Gasteiger partial charge < -0.3 is 4.90 Å². The van der Waals surface area contributed by atoms with E-state index in [-0.39, 0.29) is 0 Å². The third kappa shape index (κ3) is 3.48. The zero-order valence-electron chi connectivity index (χ0n) is 11.2. The van der Waals surface area contributed by atoms with Gasteiger partial charge in [0.25, 0.3) is 0 Å². The molecule has 1 atom stereocenters. The van der Waals surface area contributed by atoms with Crippen molar-refractivity contribution < 1.29 is 13.2 Å². The quantitative estimate of drug-likeness (QED) is 0.835. The van der Waals surface area contributed by atoms with Gasteiger partial charge in [0.15, 0.2) is 0 Å². The van der Waals surface area contributed by atoms with E-state index in [1.54, 1.807) is 12.1 Å². The maximum atomic E-state index is 12.9. The Morgan fingerprint density at radius 1 is 1.26 bits per heavy atom. The number of benzene rings is 1. The molecule has 1 aromatic carbocycles. The molecule has 2 rings (SSSR count). The highest BCUT2D eigenvalue weighted by Crippen LogP contribution is 2.32. The van der Waals surface area contributed by atoms with Crippen molar-refractivity contribution in [2.45, 2.75) is 25.2 Å². The predicted octanol–water partition coefficient (Wildman–Crippen LogP) is 2.84. The molecule has 1 unspecified atom stereocenters. The second-order valence-electron chi connectivity index (χ2n) is 5.30. The summed E-state index contributed by atoms with van der Waals surface area (Å²) in [4.78, 5) is 4.23. The molecule has 1 aliphatic rings. The monoisotopic (exact) mass is 272 g/mol. The number of rotatable bonds is 3. The summed E-state index contributed by atoms with van der Waals surface area (Å²) in [5, 5.41) is 0. The van der Waals surface area contributed by atoms with Crippen LogP contribution in [0.25, 0.3) is 0 Å². The highest BCUT2D eigenvalue weighted by Gasteiger charge is 2.34. The van der Waals surface area contributed by atoms with Crippen LogP contribution in [0, 0.1) is 0 Å². The molecule has 0 bridgehead atoms. The summed E-state index contributed by atoms with van der Waals surface area (Å²) < 4.78 is 38.7. The zero-order chi connectivity index (χ0) is 14.0. The van der Waals surface area contributed by atoms with Crippen molar-refractivity contribution in [1.29, 1.82) is 0 Å². The van der Waals surface area contributed by atoms with E-state index in [2.05, 4.69) is 9.80 Å². The maximum absolute atomic E-state index is 12.9. The zero-order valence-corrected chi connectivity index (χ0v) is 11.2. The molecule has 0 aliphatic carbocycles. The molecule has 106 valence electrons. The standard InChI is InChI=1S/C14H19F3N2/c1-18(2)12-7-8-19(10-12)9-11-5-3-4-6-13(11)14(15,16)17/h3-6,12H,7-10H2,1-2H3. The van der Waals surface area contributed by atoms with E-state index in [9.17, 15) is 13.2 Å². The van der Waals surface area contributed by atoms with Crippen molar-refractivity contribution in [3.8, 4) is 0 Å². The molecule has 1 aliphatic heterocycles. The summed E-state index contributed by atoms with van der Waals surface area (Å²) in [5.41, 5.74) is -0.141. The fourth-order valence-corrected chi connectivity index (χ4v) is 2.55. The lowest BCUT2D eigenvalue weighted by Crippen LogP contribution is -2.31. The molecule has 1 aromatic rings. The van der Waals surface area contributed by atoms with Crippen LogP contribution in [0.5, 0.6) is 0 Å². The van der Waals surface area contributed by atoms with Crippen molar-refractivity contribution in [2.24, 2.45) is 0 Å². The van der Waals surface area contributed by atoms with Crippen LogP contribution in [-0.2, 0) is 12.7 Å². The first-order valence-electron chi connectivity index (χ1n) is 6.42. The summed E-state index contributed by atoms with van der Waals surface area (Å²) >= 11 is 0. The maximum Gasteiger partial charge on any atom is 0.416 e. The SMILES string of the molecule is CN(C)C1CCN(Cc2ccccc2C(F)(F)F)C1. The highest BCUT2D eigenvalue weighted by molar-refractivity contribution is 5.29. The van der Waals surface area contributed by atoms with E-state index in [1.807, 2.05) is 14.1 Å². The molecule has 1 fully saturated rings. The van der Waals surface area contributed by atoms with E-state index >= 15 is 0 Å². The first-order valence-corrected chi connectivity index (χ1v) is 6.42. The van der Waals surface area contributed by atoms with Gasteiger partial charge in [0.1, 0.15) is 0 Å². The number of hydrogen-bond acceptors (Lipinski definition) is 2. The first-order chi connectivity index (χ1) is 8.88. The van der Waals surface area contributed by atoms with Gasteiger partial charge in [0.05, 0.1) is 5.56 Å². The molecule has 2 nitrogen and oxygen atoms in total. The van der Waals surface area contributed by atoms with Gasteiger partial charge in [0.2, 0.25) is 0 Å². The third-order valence-corrected chi connectivity index (χ3v) is 3.69. The van der Waals surface area contributed by atoms with Gasteiger partial charge in [-0.1, -0.05) is 18.2 Å². The van der Waals surface area contributed by atoms with Crippen LogP contribution in [0.2, 0.25) is 0 Å². The first kappa shape index (κ1) is 14.3. The minimum atomic E-state index is -4.27. The molecule has 0 radical (unpaired) electrons. The smallest absolute Gasteiger partial charge is 0.305 e. The van der Waals surface area contributed by atoms with Gasteiger partial charge in [-0.05, 0) is 32.1 Å². The van der Waals surface area contributed by atoms with Gasteiger partial charge in [-0.25, -0.2) is 0 Å². The summed E-state index contributed by atoms with van der Waals surface area (Å²) in [6.07, 6.45) is -3.25. The normalized spacial score (nSPS) is 21.3. The van der Waals surface area contributed by atoms with Gasteiger partial charge in [-0.2, -0.15) is 13.2 Å². The topological polar surface area (TPSA) is 6.48 Å². The summed E-state index contributed by atoms with van der Waals surface area (Å²) in [7, 11) is 4.02. The van der Waals surface area contributed by atoms with Crippen molar-refractivity contribution in [3.63, 3.8) is 0 Å². The van der Waals surface area contributed by atoms with Crippen molar-refractivity contribution in [1.82, 2.24) is 9.80 Å². The minimum Gasteiger partial charge on any atom is -0.305 e. The lowest BCUT2D eigenvalue weighted by atomic mass is 10.1. The van der Waals surface area contributed by atoms with Crippen molar-refractivity contribution >= 4 is 0 Å². The molecule has 0 saturated carbocycles. The van der Waals surface area contributed by atoms with Crippen LogP contribution in [-0.4, -0.2) is 43.0 Å². The van der Waals surface area contributed by atoms with Gasteiger partial charge in [-0.15, -0.1) is 0 Å². The number of halogens is 3. The second-order valence-corrected chi connectivity index (χ2v) is 5.30. The van der Waals surface area contributed by atoms with Crippen LogP contribution in [0.1, 0.15) is 17.5 Å². The summed E-state index contributed by atoms with van der Waals surface area (Å²) in [6.45, 7) is 2.06. The van der Waals surface area contributed by atoms with Crippen LogP contribution >= 0.6 is 0 Å². The molecular weight excluding hydrogens is 253 g/mol. The second kappa shape index (κ2) is 5.51. The number of likely N-dealkylation sites (N-methyl/N-ethyl adjacent to an activating group) is 1. The largest absolute Gasteiger partial charge is 0.416 e. The van der Waals surface area contributed by atoms with E-state index in [0.29, 0.717) is 18.2 Å². The third-order valence-electron chi connectivity index (χ3n) is 3.69. The number of alkyl halides is 3. The van der Waals surface area contributed by atoms with Gasteiger partial charge in [0, 0.05) is 25.7 Å². The Labute approximate surface area is 111 Å². The fraction of sp³-hybridized carbons (Fsp3) is 0.571. The van der Waals surface area contributed by atoms with Gasteiger partial charge in [-0.3, -0.25) is 4.90 Å². The Kier molecular flexibility index (Phi) is 4.16. The molecule has 5 heteroatoms. The molecule has 0 spiro atoms. The molecule has 1 saturated heterocycles. The fourth-order valence-electron chi connectivity index (χ4n) is 2.55. The molecule has 1 heterocycles. The van der Waals surface area contributed by atoms with Gasteiger partial charge >= 0.3 is 6.18 Å². The Morgan fingerprint density at radius 3 is 2.53 bits per heavy atom. The average molecular weight is 272 g/mol.